The van der Waals surface area contributed by atoms with Gasteiger partial charge in [0.2, 0.25) is 5.91 Å². The molecule has 2 aromatic carbocycles. The molecule has 0 saturated heterocycles. The van der Waals surface area contributed by atoms with Crippen molar-refractivity contribution in [3.8, 4) is 17.0 Å². The molecule has 168 valence electrons. The molecule has 2 heterocycles. The summed E-state index contributed by atoms with van der Waals surface area (Å²) in [4.78, 5) is 21.3. The molecule has 0 aliphatic rings. The van der Waals surface area contributed by atoms with Gasteiger partial charge in [-0.25, -0.2) is 4.98 Å². The van der Waals surface area contributed by atoms with E-state index in [9.17, 15) is 13.6 Å². The largest absolute Gasteiger partial charge is 0.435 e. The zero-order chi connectivity index (χ0) is 23.2. The lowest BCUT2D eigenvalue weighted by Crippen LogP contribution is -2.14. The number of ether oxygens (including phenoxy) is 1. The highest BCUT2D eigenvalue weighted by Gasteiger charge is 2.10. The van der Waals surface area contributed by atoms with Crippen LogP contribution in [0.25, 0.3) is 11.3 Å². The number of alkyl halides is 2. The van der Waals surface area contributed by atoms with Gasteiger partial charge < -0.3 is 10.1 Å². The average molecular weight is 466 g/mol. The summed E-state index contributed by atoms with van der Waals surface area (Å²) in [6.45, 7) is -0.847. The van der Waals surface area contributed by atoms with Gasteiger partial charge in [0.25, 0.3) is 0 Å². The van der Waals surface area contributed by atoms with Crippen LogP contribution < -0.4 is 10.1 Å². The predicted molar refractivity (Wildman–Crippen MR) is 125 cm³/mol. The minimum absolute atomic E-state index is 0.0613. The first-order chi connectivity index (χ1) is 16.0. The summed E-state index contributed by atoms with van der Waals surface area (Å²) in [5.41, 5.74) is 5.46. The normalized spacial score (nSPS) is 10.9. The van der Waals surface area contributed by atoms with Crippen molar-refractivity contribution in [2.24, 2.45) is 0 Å². The Bertz CT molecular complexity index is 1230. The first kappa shape index (κ1) is 22.5. The van der Waals surface area contributed by atoms with Crippen LogP contribution in [0.3, 0.4) is 0 Å². The Morgan fingerprint density at radius 3 is 2.70 bits per heavy atom. The van der Waals surface area contributed by atoms with Crippen LogP contribution in [0.2, 0.25) is 0 Å². The molecule has 4 rings (SSSR count). The molecule has 0 saturated carbocycles. The molecule has 2 aromatic heterocycles. The fourth-order valence-corrected chi connectivity index (χ4v) is 4.15. The number of amides is 1. The molecule has 8 heteroatoms. The lowest BCUT2D eigenvalue weighted by Gasteiger charge is -2.10. The molecule has 0 aliphatic carbocycles. The van der Waals surface area contributed by atoms with Gasteiger partial charge >= 0.3 is 6.61 Å². The van der Waals surface area contributed by atoms with Gasteiger partial charge in [-0.3, -0.25) is 9.78 Å². The summed E-state index contributed by atoms with van der Waals surface area (Å²) in [7, 11) is 0. The van der Waals surface area contributed by atoms with Crippen molar-refractivity contribution in [2.75, 3.05) is 5.32 Å². The van der Waals surface area contributed by atoms with Crippen LogP contribution in [0.4, 0.5) is 14.5 Å². The number of hydrogen-bond donors (Lipinski definition) is 1. The van der Waals surface area contributed by atoms with Gasteiger partial charge in [0, 0.05) is 35.4 Å². The van der Waals surface area contributed by atoms with Crippen LogP contribution in [-0.4, -0.2) is 22.5 Å². The molecule has 0 atom stereocenters. The molecule has 0 unspecified atom stereocenters. The summed E-state index contributed by atoms with van der Waals surface area (Å²) in [5, 5.41) is 5.90. The van der Waals surface area contributed by atoms with E-state index in [-0.39, 0.29) is 18.1 Å². The Kier molecular flexibility index (Phi) is 7.04. The third kappa shape index (κ3) is 6.20. The Labute approximate surface area is 194 Å². The topological polar surface area (TPSA) is 64.1 Å². The third-order valence-electron chi connectivity index (χ3n) is 5.00. The number of anilines is 1. The molecule has 33 heavy (non-hydrogen) atoms. The molecule has 0 aliphatic heterocycles. The van der Waals surface area contributed by atoms with E-state index in [0.29, 0.717) is 17.7 Å². The van der Waals surface area contributed by atoms with Crippen molar-refractivity contribution in [2.45, 2.75) is 26.4 Å². The van der Waals surface area contributed by atoms with Crippen LogP contribution in [0.5, 0.6) is 5.75 Å². The highest BCUT2D eigenvalue weighted by atomic mass is 32.1. The van der Waals surface area contributed by atoms with Crippen LogP contribution in [0.15, 0.2) is 72.4 Å². The van der Waals surface area contributed by atoms with Crippen LogP contribution >= 0.6 is 11.3 Å². The Hall–Kier alpha value is -3.65. The molecule has 1 amide bonds. The number of hydrogen-bond acceptors (Lipinski definition) is 5. The maximum Gasteiger partial charge on any atom is 0.387 e. The number of nitrogens with one attached hydrogen (secondary N) is 1. The van der Waals surface area contributed by atoms with E-state index in [1.165, 1.54) is 12.1 Å². The van der Waals surface area contributed by atoms with Gasteiger partial charge in [-0.2, -0.15) is 8.78 Å². The Morgan fingerprint density at radius 2 is 1.97 bits per heavy atom. The van der Waals surface area contributed by atoms with Crippen LogP contribution in [0, 0.1) is 6.92 Å². The van der Waals surface area contributed by atoms with E-state index in [1.54, 1.807) is 35.9 Å². The van der Waals surface area contributed by atoms with Crippen molar-refractivity contribution in [1.29, 1.82) is 0 Å². The van der Waals surface area contributed by atoms with E-state index in [0.717, 1.165) is 27.4 Å². The molecule has 0 bridgehead atoms. The van der Waals surface area contributed by atoms with Crippen molar-refractivity contribution in [1.82, 2.24) is 9.97 Å². The van der Waals surface area contributed by atoms with Gasteiger partial charge in [0.05, 0.1) is 17.1 Å². The number of halogens is 2. The van der Waals surface area contributed by atoms with E-state index in [4.69, 9.17) is 4.98 Å². The molecule has 0 spiro atoms. The third-order valence-corrected chi connectivity index (χ3v) is 5.85. The highest BCUT2D eigenvalue weighted by Crippen LogP contribution is 2.25. The predicted octanol–water partition coefficient (Wildman–Crippen LogP) is 5.89. The fraction of sp³-hybridized carbons (Fsp3) is 0.160. The summed E-state index contributed by atoms with van der Waals surface area (Å²) in [5.74, 6) is -0.133. The molecule has 0 fully saturated rings. The standard InChI is InChI=1S/C25H21F2N3O2S/c1-16-4-7-20(29-23(31)11-17-5-8-21(9-6-17)32-25(26)27)12-19(16)13-24-30-22(15-33-24)18-3-2-10-28-14-18/h2-10,12,14-15,25H,11,13H2,1H3,(H,29,31). The van der Waals surface area contributed by atoms with Gasteiger partial charge in [0.1, 0.15) is 5.75 Å². The lowest BCUT2D eigenvalue weighted by molar-refractivity contribution is -0.115. The number of aryl methyl sites for hydroxylation is 1. The van der Waals surface area contributed by atoms with Crippen molar-refractivity contribution in [3.63, 3.8) is 0 Å². The smallest absolute Gasteiger partial charge is 0.387 e. The molecular formula is C25H21F2N3O2S. The zero-order valence-corrected chi connectivity index (χ0v) is 18.6. The zero-order valence-electron chi connectivity index (χ0n) is 17.8. The van der Waals surface area contributed by atoms with E-state index in [1.807, 2.05) is 42.6 Å². The van der Waals surface area contributed by atoms with Gasteiger partial charge in [-0.15, -0.1) is 11.3 Å². The van der Waals surface area contributed by atoms with E-state index in [2.05, 4.69) is 15.0 Å². The van der Waals surface area contributed by atoms with Crippen molar-refractivity contribution < 1.29 is 18.3 Å². The number of pyridine rings is 1. The molecule has 4 aromatic rings. The summed E-state index contributed by atoms with van der Waals surface area (Å²) < 4.78 is 28.8. The molecule has 1 N–H and O–H groups in total. The second kappa shape index (κ2) is 10.3. The number of aromatic nitrogens is 2. The van der Waals surface area contributed by atoms with Gasteiger partial charge in [0.15, 0.2) is 0 Å². The second-order valence-corrected chi connectivity index (χ2v) is 8.38. The number of carbonyl (C=O) groups excluding carboxylic acids is 1. The first-order valence-electron chi connectivity index (χ1n) is 10.2. The lowest BCUT2D eigenvalue weighted by atomic mass is 10.0. The van der Waals surface area contributed by atoms with Crippen molar-refractivity contribution >= 4 is 22.9 Å². The monoisotopic (exact) mass is 465 g/mol. The van der Waals surface area contributed by atoms with Crippen LogP contribution in [0.1, 0.15) is 21.7 Å². The molecule has 0 radical (unpaired) electrons. The highest BCUT2D eigenvalue weighted by molar-refractivity contribution is 7.10. The quantitative estimate of drug-likeness (QED) is 0.353. The maximum absolute atomic E-state index is 12.5. The van der Waals surface area contributed by atoms with Gasteiger partial charge in [-0.1, -0.05) is 18.2 Å². The Balaban J connectivity index is 1.40. The number of carbonyl (C=O) groups is 1. The fourth-order valence-electron chi connectivity index (χ4n) is 3.32. The number of benzene rings is 2. The first-order valence-corrected chi connectivity index (χ1v) is 11.1. The number of rotatable bonds is 8. The molecular weight excluding hydrogens is 444 g/mol. The maximum atomic E-state index is 12.5. The minimum atomic E-state index is -2.87. The number of nitrogens with zero attached hydrogens (tertiary/aromatic N) is 2. The molecule has 5 nitrogen and oxygen atoms in total. The summed E-state index contributed by atoms with van der Waals surface area (Å²) in [6.07, 6.45) is 4.31. The van der Waals surface area contributed by atoms with Crippen LogP contribution in [-0.2, 0) is 17.6 Å². The Morgan fingerprint density at radius 1 is 1.15 bits per heavy atom. The second-order valence-electron chi connectivity index (χ2n) is 7.43. The number of thiazole rings is 1. The average Bonchev–Trinajstić information content (AvgIpc) is 3.26. The van der Waals surface area contributed by atoms with Gasteiger partial charge in [-0.05, 0) is 60.0 Å². The minimum Gasteiger partial charge on any atom is -0.435 e. The summed E-state index contributed by atoms with van der Waals surface area (Å²) >= 11 is 1.59. The van der Waals surface area contributed by atoms with E-state index >= 15 is 0 Å². The van der Waals surface area contributed by atoms with E-state index < -0.39 is 6.61 Å². The van der Waals surface area contributed by atoms with Crippen molar-refractivity contribution in [3.05, 3.63) is 94.1 Å². The summed E-state index contributed by atoms with van der Waals surface area (Å²) in [6, 6.07) is 15.7. The SMILES string of the molecule is Cc1ccc(NC(=O)Cc2ccc(OC(F)F)cc2)cc1Cc1nc(-c2cccnc2)cs1.